The lowest BCUT2D eigenvalue weighted by Crippen LogP contribution is -2.06. The molecule has 0 amide bonds. The Labute approximate surface area is 109 Å². The molecule has 0 saturated carbocycles. The summed E-state index contributed by atoms with van der Waals surface area (Å²) in [6.07, 6.45) is 4.32. The second-order valence-electron chi connectivity index (χ2n) is 5.05. The van der Waals surface area contributed by atoms with Gasteiger partial charge in [0.05, 0.1) is 13.2 Å². The zero-order valence-electron chi connectivity index (χ0n) is 11.2. The van der Waals surface area contributed by atoms with Gasteiger partial charge in [0.25, 0.3) is 0 Å². The maximum Gasteiger partial charge on any atom is 0.161 e. The standard InChI is InChI=1S/C15H23NO2/c1-12(7-8-16)3-4-13-5-6-14-15(11-13)18-10-2-9-17-14/h5-6,11-12H,2-4,7-10,16H2,1H3. The van der Waals surface area contributed by atoms with Crippen LogP contribution in [-0.4, -0.2) is 19.8 Å². The van der Waals surface area contributed by atoms with Crippen molar-refractivity contribution in [3.63, 3.8) is 0 Å². The summed E-state index contributed by atoms with van der Waals surface area (Å²) >= 11 is 0. The van der Waals surface area contributed by atoms with Crippen LogP contribution in [0.5, 0.6) is 11.5 Å². The van der Waals surface area contributed by atoms with Crippen molar-refractivity contribution in [3.8, 4) is 11.5 Å². The maximum atomic E-state index is 5.70. The lowest BCUT2D eigenvalue weighted by atomic mass is 9.98. The van der Waals surface area contributed by atoms with Gasteiger partial charge in [-0.1, -0.05) is 13.0 Å². The molecular weight excluding hydrogens is 226 g/mol. The number of fused-ring (bicyclic) bond motifs is 1. The molecule has 0 saturated heterocycles. The first-order valence-electron chi connectivity index (χ1n) is 6.88. The Bertz CT molecular complexity index is 379. The average Bonchev–Trinajstić information content (AvgIpc) is 2.61. The summed E-state index contributed by atoms with van der Waals surface area (Å²) in [6, 6.07) is 6.29. The quantitative estimate of drug-likeness (QED) is 0.872. The van der Waals surface area contributed by atoms with Gasteiger partial charge < -0.3 is 15.2 Å². The predicted octanol–water partition coefficient (Wildman–Crippen LogP) is 2.77. The fourth-order valence-electron chi connectivity index (χ4n) is 2.21. The SMILES string of the molecule is CC(CCN)CCc1ccc2c(c1)OCCCO2. The molecule has 3 heteroatoms. The number of hydrogen-bond donors (Lipinski definition) is 1. The lowest BCUT2D eigenvalue weighted by molar-refractivity contribution is 0.297. The Kier molecular flexibility index (Phi) is 4.88. The third-order valence-electron chi connectivity index (χ3n) is 3.40. The summed E-state index contributed by atoms with van der Waals surface area (Å²) in [7, 11) is 0. The number of benzene rings is 1. The second kappa shape index (κ2) is 6.64. The van der Waals surface area contributed by atoms with E-state index in [9.17, 15) is 0 Å². The van der Waals surface area contributed by atoms with Crippen LogP contribution in [-0.2, 0) is 6.42 Å². The summed E-state index contributed by atoms with van der Waals surface area (Å²) in [5.74, 6) is 2.47. The Balaban J connectivity index is 1.95. The van der Waals surface area contributed by atoms with E-state index in [1.165, 1.54) is 12.0 Å². The zero-order chi connectivity index (χ0) is 12.8. The number of rotatable bonds is 5. The van der Waals surface area contributed by atoms with Crippen molar-refractivity contribution in [2.75, 3.05) is 19.8 Å². The van der Waals surface area contributed by atoms with Gasteiger partial charge in [-0.2, -0.15) is 0 Å². The second-order valence-corrected chi connectivity index (χ2v) is 5.05. The molecule has 0 aromatic heterocycles. The largest absolute Gasteiger partial charge is 0.490 e. The van der Waals surface area contributed by atoms with E-state index >= 15 is 0 Å². The molecule has 0 bridgehead atoms. The van der Waals surface area contributed by atoms with E-state index in [4.69, 9.17) is 15.2 Å². The van der Waals surface area contributed by atoms with Gasteiger partial charge in [0.15, 0.2) is 11.5 Å². The molecule has 2 rings (SSSR count). The number of aryl methyl sites for hydroxylation is 1. The van der Waals surface area contributed by atoms with Crippen LogP contribution in [0.1, 0.15) is 31.7 Å². The van der Waals surface area contributed by atoms with Crippen LogP contribution in [0.3, 0.4) is 0 Å². The van der Waals surface area contributed by atoms with Crippen LogP contribution in [0.2, 0.25) is 0 Å². The zero-order valence-corrected chi connectivity index (χ0v) is 11.2. The number of ether oxygens (including phenoxy) is 2. The van der Waals surface area contributed by atoms with Crippen molar-refractivity contribution < 1.29 is 9.47 Å². The molecule has 1 aliphatic heterocycles. The van der Waals surface area contributed by atoms with Gasteiger partial charge in [0.2, 0.25) is 0 Å². The van der Waals surface area contributed by atoms with Crippen molar-refractivity contribution in [3.05, 3.63) is 23.8 Å². The van der Waals surface area contributed by atoms with Gasteiger partial charge in [-0.25, -0.2) is 0 Å². The van der Waals surface area contributed by atoms with Crippen LogP contribution in [0.15, 0.2) is 18.2 Å². The lowest BCUT2D eigenvalue weighted by Gasteiger charge is -2.12. The Hall–Kier alpha value is -1.22. The van der Waals surface area contributed by atoms with E-state index in [2.05, 4.69) is 19.1 Å². The topological polar surface area (TPSA) is 44.5 Å². The molecule has 3 nitrogen and oxygen atoms in total. The van der Waals surface area contributed by atoms with E-state index in [1.54, 1.807) is 0 Å². The minimum absolute atomic E-state index is 0.686. The van der Waals surface area contributed by atoms with Gasteiger partial charge in [-0.3, -0.25) is 0 Å². The molecular formula is C15H23NO2. The van der Waals surface area contributed by atoms with Gasteiger partial charge >= 0.3 is 0 Å². The first-order valence-corrected chi connectivity index (χ1v) is 6.88. The predicted molar refractivity (Wildman–Crippen MR) is 73.2 cm³/mol. The molecule has 0 spiro atoms. The summed E-state index contributed by atoms with van der Waals surface area (Å²) < 4.78 is 11.3. The molecule has 1 aromatic carbocycles. The summed E-state index contributed by atoms with van der Waals surface area (Å²) in [5.41, 5.74) is 6.89. The van der Waals surface area contributed by atoms with E-state index in [1.807, 2.05) is 6.07 Å². The van der Waals surface area contributed by atoms with Gasteiger partial charge in [-0.05, 0) is 49.4 Å². The summed E-state index contributed by atoms with van der Waals surface area (Å²) in [6.45, 7) is 4.54. The smallest absolute Gasteiger partial charge is 0.161 e. The van der Waals surface area contributed by atoms with Gasteiger partial charge in [-0.15, -0.1) is 0 Å². The summed E-state index contributed by atoms with van der Waals surface area (Å²) in [4.78, 5) is 0. The van der Waals surface area contributed by atoms with Crippen LogP contribution in [0, 0.1) is 5.92 Å². The third-order valence-corrected chi connectivity index (χ3v) is 3.40. The molecule has 1 unspecified atom stereocenters. The molecule has 1 heterocycles. The average molecular weight is 249 g/mol. The van der Waals surface area contributed by atoms with Gasteiger partial charge in [0, 0.05) is 6.42 Å². The monoisotopic (exact) mass is 249 g/mol. The highest BCUT2D eigenvalue weighted by Crippen LogP contribution is 2.31. The van der Waals surface area contributed by atoms with E-state index < -0.39 is 0 Å². The first kappa shape index (κ1) is 13.2. The van der Waals surface area contributed by atoms with Crippen molar-refractivity contribution in [1.29, 1.82) is 0 Å². The van der Waals surface area contributed by atoms with Crippen LogP contribution < -0.4 is 15.2 Å². The fraction of sp³-hybridized carbons (Fsp3) is 0.600. The minimum atomic E-state index is 0.686. The van der Waals surface area contributed by atoms with Crippen molar-refractivity contribution in [2.24, 2.45) is 11.7 Å². The van der Waals surface area contributed by atoms with Crippen molar-refractivity contribution >= 4 is 0 Å². The molecule has 2 N–H and O–H groups in total. The molecule has 0 aliphatic carbocycles. The highest BCUT2D eigenvalue weighted by atomic mass is 16.5. The van der Waals surface area contributed by atoms with Crippen LogP contribution in [0.4, 0.5) is 0 Å². The van der Waals surface area contributed by atoms with E-state index in [-0.39, 0.29) is 0 Å². The van der Waals surface area contributed by atoms with E-state index in [0.29, 0.717) is 5.92 Å². The molecule has 0 fully saturated rings. The van der Waals surface area contributed by atoms with Crippen molar-refractivity contribution in [1.82, 2.24) is 0 Å². The molecule has 100 valence electrons. The van der Waals surface area contributed by atoms with E-state index in [0.717, 1.165) is 50.5 Å². The Morgan fingerprint density at radius 1 is 1.17 bits per heavy atom. The fourth-order valence-corrected chi connectivity index (χ4v) is 2.21. The van der Waals surface area contributed by atoms with Gasteiger partial charge in [0.1, 0.15) is 0 Å². The van der Waals surface area contributed by atoms with Crippen molar-refractivity contribution in [2.45, 2.75) is 32.6 Å². The minimum Gasteiger partial charge on any atom is -0.490 e. The maximum absolute atomic E-state index is 5.70. The molecule has 1 aromatic rings. The first-order chi connectivity index (χ1) is 8.79. The Morgan fingerprint density at radius 3 is 2.72 bits per heavy atom. The number of hydrogen-bond acceptors (Lipinski definition) is 3. The third kappa shape index (κ3) is 3.64. The number of nitrogens with two attached hydrogens (primary N) is 1. The van der Waals surface area contributed by atoms with Crippen LogP contribution in [0.25, 0.3) is 0 Å². The molecule has 18 heavy (non-hydrogen) atoms. The molecule has 1 atom stereocenters. The molecule has 0 radical (unpaired) electrons. The highest BCUT2D eigenvalue weighted by Gasteiger charge is 2.11. The Morgan fingerprint density at radius 2 is 1.94 bits per heavy atom. The normalized spacial score (nSPS) is 16.1. The summed E-state index contributed by atoms with van der Waals surface area (Å²) in [5, 5.41) is 0. The molecule has 1 aliphatic rings. The van der Waals surface area contributed by atoms with Crippen LogP contribution >= 0.6 is 0 Å². The highest BCUT2D eigenvalue weighted by molar-refractivity contribution is 5.43.